The second-order valence-electron chi connectivity index (χ2n) is 6.40. The molecule has 1 fully saturated rings. The average molecular weight is 450 g/mol. The van der Waals surface area contributed by atoms with Crippen LogP contribution in [0.15, 0.2) is 11.2 Å². The highest BCUT2D eigenvalue weighted by molar-refractivity contribution is 14.0. The van der Waals surface area contributed by atoms with Crippen molar-refractivity contribution in [1.82, 2.24) is 15.6 Å². The van der Waals surface area contributed by atoms with Gasteiger partial charge in [-0.3, -0.25) is 4.99 Å². The van der Waals surface area contributed by atoms with Crippen molar-refractivity contribution in [2.24, 2.45) is 16.8 Å². The number of hydrogen-bond donors (Lipinski definition) is 2. The predicted molar refractivity (Wildman–Crippen MR) is 111 cm³/mol. The maximum Gasteiger partial charge on any atom is 0.191 e. The highest BCUT2D eigenvalue weighted by Crippen LogP contribution is 2.28. The van der Waals surface area contributed by atoms with Gasteiger partial charge in [0.15, 0.2) is 5.96 Å². The van der Waals surface area contributed by atoms with Gasteiger partial charge >= 0.3 is 0 Å². The van der Waals surface area contributed by atoms with Crippen LogP contribution < -0.4 is 10.6 Å². The first-order valence-corrected chi connectivity index (χ1v) is 9.42. The summed E-state index contributed by atoms with van der Waals surface area (Å²) in [6, 6.07) is 0. The molecule has 2 N–H and O–H groups in total. The zero-order valence-electron chi connectivity index (χ0n) is 14.6. The van der Waals surface area contributed by atoms with E-state index in [2.05, 4.69) is 36.4 Å². The molecule has 0 aromatic carbocycles. The van der Waals surface area contributed by atoms with Crippen molar-refractivity contribution < 1.29 is 0 Å². The maximum absolute atomic E-state index is 4.79. The molecule has 0 spiro atoms. The minimum atomic E-state index is 0. The van der Waals surface area contributed by atoms with E-state index >= 15 is 0 Å². The third-order valence-electron chi connectivity index (χ3n) is 4.20. The van der Waals surface area contributed by atoms with Gasteiger partial charge in [0.2, 0.25) is 0 Å². The number of aromatic nitrogens is 1. The van der Waals surface area contributed by atoms with Crippen molar-refractivity contribution in [2.75, 3.05) is 19.6 Å². The summed E-state index contributed by atoms with van der Waals surface area (Å²) >= 11 is 1.78. The number of guanidine groups is 1. The van der Waals surface area contributed by atoms with Gasteiger partial charge in [0.25, 0.3) is 0 Å². The standard InChI is InChI=1S/C17H30N4S.HI/c1-4-18-17(19-9-8-16-20-11-14(3)22-16)21-12-15-7-5-6-13(2)10-15;/h11,13,15H,4-10,12H2,1-3H3,(H2,18,19,21);1H. The molecule has 1 aromatic rings. The molecule has 0 aliphatic heterocycles. The fraction of sp³-hybridized carbons (Fsp3) is 0.765. The Morgan fingerprint density at radius 2 is 2.22 bits per heavy atom. The van der Waals surface area contributed by atoms with E-state index in [4.69, 9.17) is 4.99 Å². The third kappa shape index (κ3) is 7.83. The van der Waals surface area contributed by atoms with Gasteiger partial charge in [-0.25, -0.2) is 4.98 Å². The van der Waals surface area contributed by atoms with Gasteiger partial charge in [0.1, 0.15) is 0 Å². The Labute approximate surface area is 162 Å². The SMILES string of the molecule is CCNC(=NCC1CCCC(C)C1)NCCc1ncc(C)s1.I. The fourth-order valence-corrected chi connectivity index (χ4v) is 3.88. The van der Waals surface area contributed by atoms with Gasteiger partial charge in [-0.15, -0.1) is 35.3 Å². The lowest BCUT2D eigenvalue weighted by atomic mass is 9.82. The Hall–Kier alpha value is -0.370. The monoisotopic (exact) mass is 450 g/mol. The first kappa shape index (κ1) is 20.7. The number of aliphatic imine (C=N–C) groups is 1. The lowest BCUT2D eigenvalue weighted by Crippen LogP contribution is -2.38. The Morgan fingerprint density at radius 1 is 1.39 bits per heavy atom. The molecule has 2 rings (SSSR count). The van der Waals surface area contributed by atoms with Crippen molar-refractivity contribution in [3.05, 3.63) is 16.1 Å². The maximum atomic E-state index is 4.79. The molecule has 1 aliphatic rings. The van der Waals surface area contributed by atoms with E-state index in [1.165, 1.54) is 35.6 Å². The molecule has 6 heteroatoms. The molecular weight excluding hydrogens is 419 g/mol. The first-order valence-electron chi connectivity index (χ1n) is 8.60. The van der Waals surface area contributed by atoms with Crippen LogP contribution in [-0.2, 0) is 6.42 Å². The van der Waals surface area contributed by atoms with E-state index in [1.807, 2.05) is 6.20 Å². The van der Waals surface area contributed by atoms with Gasteiger partial charge in [-0.05, 0) is 38.5 Å². The summed E-state index contributed by atoms with van der Waals surface area (Å²) < 4.78 is 0. The quantitative estimate of drug-likeness (QED) is 0.392. The molecule has 0 radical (unpaired) electrons. The fourth-order valence-electron chi connectivity index (χ4n) is 3.09. The van der Waals surface area contributed by atoms with Crippen LogP contribution in [0.2, 0.25) is 0 Å². The van der Waals surface area contributed by atoms with Crippen LogP contribution in [0.4, 0.5) is 0 Å². The predicted octanol–water partition coefficient (Wildman–Crippen LogP) is 3.99. The van der Waals surface area contributed by atoms with Crippen LogP contribution in [0.1, 0.15) is 49.4 Å². The van der Waals surface area contributed by atoms with Gasteiger partial charge in [-0.2, -0.15) is 0 Å². The largest absolute Gasteiger partial charge is 0.357 e. The van der Waals surface area contributed by atoms with Crippen LogP contribution >= 0.6 is 35.3 Å². The molecule has 23 heavy (non-hydrogen) atoms. The first-order chi connectivity index (χ1) is 10.7. The number of hydrogen-bond acceptors (Lipinski definition) is 3. The van der Waals surface area contributed by atoms with Crippen LogP contribution in [0.25, 0.3) is 0 Å². The van der Waals surface area contributed by atoms with Crippen molar-refractivity contribution in [3.63, 3.8) is 0 Å². The summed E-state index contributed by atoms with van der Waals surface area (Å²) in [7, 11) is 0. The lowest BCUT2D eigenvalue weighted by molar-refractivity contribution is 0.289. The van der Waals surface area contributed by atoms with Crippen LogP contribution in [0.3, 0.4) is 0 Å². The van der Waals surface area contributed by atoms with E-state index in [-0.39, 0.29) is 24.0 Å². The minimum absolute atomic E-state index is 0. The van der Waals surface area contributed by atoms with Gasteiger partial charge in [-0.1, -0.05) is 19.8 Å². The summed E-state index contributed by atoms with van der Waals surface area (Å²) in [6.07, 6.45) is 8.35. The smallest absolute Gasteiger partial charge is 0.191 e. The molecule has 1 saturated carbocycles. The molecule has 0 amide bonds. The number of nitrogens with one attached hydrogen (secondary N) is 2. The second-order valence-corrected chi connectivity index (χ2v) is 7.72. The highest BCUT2D eigenvalue weighted by atomic mass is 127. The zero-order chi connectivity index (χ0) is 15.8. The molecule has 2 atom stereocenters. The topological polar surface area (TPSA) is 49.3 Å². The van der Waals surface area contributed by atoms with Crippen LogP contribution in [-0.4, -0.2) is 30.6 Å². The normalized spacial score (nSPS) is 21.6. The average Bonchev–Trinajstić information content (AvgIpc) is 2.90. The molecule has 132 valence electrons. The lowest BCUT2D eigenvalue weighted by Gasteiger charge is -2.25. The number of nitrogens with zero attached hydrogens (tertiary/aromatic N) is 2. The summed E-state index contributed by atoms with van der Waals surface area (Å²) in [4.78, 5) is 10.5. The molecule has 0 bridgehead atoms. The number of aryl methyl sites for hydroxylation is 1. The molecule has 2 unspecified atom stereocenters. The van der Waals surface area contributed by atoms with E-state index in [1.54, 1.807) is 11.3 Å². The van der Waals surface area contributed by atoms with Crippen molar-refractivity contribution in [1.29, 1.82) is 0 Å². The number of halogens is 1. The van der Waals surface area contributed by atoms with E-state index in [0.717, 1.165) is 43.9 Å². The summed E-state index contributed by atoms with van der Waals surface area (Å²) in [6.45, 7) is 9.34. The van der Waals surface area contributed by atoms with Gasteiger partial charge < -0.3 is 10.6 Å². The number of rotatable bonds is 6. The summed E-state index contributed by atoms with van der Waals surface area (Å²) in [5.74, 6) is 2.59. The molecule has 4 nitrogen and oxygen atoms in total. The molecule has 0 saturated heterocycles. The second kappa shape index (κ2) is 11.2. The molecule has 1 aliphatic carbocycles. The van der Waals surface area contributed by atoms with Crippen LogP contribution in [0, 0.1) is 18.8 Å². The van der Waals surface area contributed by atoms with Gasteiger partial charge in [0.05, 0.1) is 5.01 Å². The van der Waals surface area contributed by atoms with Crippen molar-refractivity contribution >= 4 is 41.3 Å². The van der Waals surface area contributed by atoms with E-state index in [0.29, 0.717) is 0 Å². The third-order valence-corrected chi connectivity index (χ3v) is 5.17. The Balaban J connectivity index is 0.00000264. The molecule has 1 heterocycles. The van der Waals surface area contributed by atoms with E-state index < -0.39 is 0 Å². The minimum Gasteiger partial charge on any atom is -0.357 e. The Morgan fingerprint density at radius 3 is 2.87 bits per heavy atom. The molecular formula is C17H31IN4S. The van der Waals surface area contributed by atoms with Crippen LogP contribution in [0.5, 0.6) is 0 Å². The summed E-state index contributed by atoms with van der Waals surface area (Å²) in [5, 5.41) is 7.98. The van der Waals surface area contributed by atoms with Crippen molar-refractivity contribution in [3.8, 4) is 0 Å². The zero-order valence-corrected chi connectivity index (χ0v) is 17.7. The Kier molecular flexibility index (Phi) is 10.1. The number of thiazole rings is 1. The van der Waals surface area contributed by atoms with Gasteiger partial charge in [0, 0.05) is 37.1 Å². The van der Waals surface area contributed by atoms with Crippen molar-refractivity contribution in [2.45, 2.75) is 52.9 Å². The van der Waals surface area contributed by atoms with E-state index in [9.17, 15) is 0 Å². The molecule has 1 aromatic heterocycles. The summed E-state index contributed by atoms with van der Waals surface area (Å²) in [5.41, 5.74) is 0. The Bertz CT molecular complexity index is 475. The highest BCUT2D eigenvalue weighted by Gasteiger charge is 2.18.